The minimum absolute atomic E-state index is 0.244. The average Bonchev–Trinajstić information content (AvgIpc) is 3.09. The number of aryl methyl sites for hydroxylation is 1. The van der Waals surface area contributed by atoms with Crippen molar-refractivity contribution in [3.8, 4) is 0 Å². The van der Waals surface area contributed by atoms with E-state index in [2.05, 4.69) is 66.9 Å². The summed E-state index contributed by atoms with van der Waals surface area (Å²) in [6.07, 6.45) is 6.85. The minimum atomic E-state index is 0.244. The Morgan fingerprint density at radius 2 is 1.70 bits per heavy atom. The Bertz CT molecular complexity index is 853. The maximum absolute atomic E-state index is 4.51. The fourth-order valence-corrected chi connectivity index (χ4v) is 3.99. The van der Waals surface area contributed by atoms with Crippen LogP contribution >= 0.6 is 0 Å². The van der Waals surface area contributed by atoms with Crippen LogP contribution in [-0.2, 0) is 6.42 Å². The van der Waals surface area contributed by atoms with Gasteiger partial charge in [-0.05, 0) is 44.2 Å². The van der Waals surface area contributed by atoms with E-state index >= 15 is 0 Å². The largest absolute Gasteiger partial charge is 0.341 e. The Kier molecular flexibility index (Phi) is 5.14. The summed E-state index contributed by atoms with van der Waals surface area (Å²) in [4.78, 5) is 11.0. The fraction of sp³-hybridized carbons (Fsp3) is 0.429. The van der Waals surface area contributed by atoms with Gasteiger partial charge in [-0.25, -0.2) is 9.97 Å². The van der Waals surface area contributed by atoms with Gasteiger partial charge in [0.15, 0.2) is 0 Å². The summed E-state index contributed by atoms with van der Waals surface area (Å²) in [5.74, 6) is 3.54. The van der Waals surface area contributed by atoms with Crippen LogP contribution in [0.1, 0.15) is 43.0 Å². The lowest BCUT2D eigenvalue weighted by Gasteiger charge is -2.32. The van der Waals surface area contributed by atoms with Crippen molar-refractivity contribution in [3.63, 3.8) is 0 Å². The zero-order valence-electron chi connectivity index (χ0n) is 16.0. The fourth-order valence-electron chi connectivity index (χ4n) is 3.99. The van der Waals surface area contributed by atoms with Crippen LogP contribution in [0.5, 0.6) is 0 Å². The molecule has 0 radical (unpaired) electrons. The van der Waals surface area contributed by atoms with Crippen molar-refractivity contribution < 1.29 is 0 Å². The molecular weight excluding hydrogens is 336 g/mol. The molecule has 0 N–H and O–H groups in total. The van der Waals surface area contributed by atoms with Crippen molar-refractivity contribution in [3.05, 3.63) is 66.0 Å². The topological polar surface area (TPSA) is 59.7 Å². The van der Waals surface area contributed by atoms with Gasteiger partial charge in [-0.2, -0.15) is 0 Å². The van der Waals surface area contributed by atoms with Gasteiger partial charge in [0.2, 0.25) is 5.95 Å². The van der Waals surface area contributed by atoms with Crippen molar-refractivity contribution >= 4 is 5.95 Å². The Hall–Kier alpha value is -2.76. The number of hydrogen-bond acceptors (Lipinski definition) is 5. The molecule has 1 saturated heterocycles. The van der Waals surface area contributed by atoms with Crippen LogP contribution in [-0.4, -0.2) is 37.8 Å². The monoisotopic (exact) mass is 362 g/mol. The Morgan fingerprint density at radius 3 is 2.41 bits per heavy atom. The molecule has 0 bridgehead atoms. The predicted octanol–water partition coefficient (Wildman–Crippen LogP) is 3.44. The molecule has 4 rings (SSSR count). The van der Waals surface area contributed by atoms with Crippen LogP contribution in [0.25, 0.3) is 0 Å². The lowest BCUT2D eigenvalue weighted by molar-refractivity contribution is 0.385. The molecule has 6 heteroatoms. The van der Waals surface area contributed by atoms with Gasteiger partial charge in [-0.15, -0.1) is 10.2 Å². The third-order valence-corrected chi connectivity index (χ3v) is 5.53. The summed E-state index contributed by atoms with van der Waals surface area (Å²) in [5.41, 5.74) is 1.29. The Balaban J connectivity index is 1.44. The molecule has 140 valence electrons. The van der Waals surface area contributed by atoms with E-state index in [1.165, 1.54) is 5.56 Å². The molecule has 1 aliphatic heterocycles. The molecule has 1 fully saturated rings. The highest BCUT2D eigenvalue weighted by atomic mass is 15.3. The molecule has 1 atom stereocenters. The third kappa shape index (κ3) is 3.84. The molecule has 6 nitrogen and oxygen atoms in total. The van der Waals surface area contributed by atoms with E-state index in [1.807, 2.05) is 25.4 Å². The molecule has 0 spiro atoms. The van der Waals surface area contributed by atoms with E-state index in [-0.39, 0.29) is 6.04 Å². The first-order valence-corrected chi connectivity index (χ1v) is 9.69. The highest BCUT2D eigenvalue weighted by Gasteiger charge is 2.24. The molecule has 1 aromatic carbocycles. The quantitative estimate of drug-likeness (QED) is 0.696. The molecule has 1 aliphatic rings. The Labute approximate surface area is 160 Å². The summed E-state index contributed by atoms with van der Waals surface area (Å²) >= 11 is 0. The van der Waals surface area contributed by atoms with Gasteiger partial charge in [-0.3, -0.25) is 0 Å². The van der Waals surface area contributed by atoms with Gasteiger partial charge in [0.05, 0.1) is 6.04 Å². The summed E-state index contributed by atoms with van der Waals surface area (Å²) in [6.45, 7) is 6.27. The number of rotatable bonds is 5. The van der Waals surface area contributed by atoms with Crippen LogP contribution in [0.3, 0.4) is 0 Å². The maximum atomic E-state index is 4.51. The second kappa shape index (κ2) is 7.86. The maximum Gasteiger partial charge on any atom is 0.225 e. The molecule has 0 unspecified atom stereocenters. The molecule has 0 aliphatic carbocycles. The third-order valence-electron chi connectivity index (χ3n) is 5.53. The average molecular weight is 362 g/mol. The summed E-state index contributed by atoms with van der Waals surface area (Å²) < 4.78 is 2.29. The molecule has 0 saturated carbocycles. The first kappa shape index (κ1) is 17.6. The van der Waals surface area contributed by atoms with E-state index in [9.17, 15) is 0 Å². The second-order valence-electron chi connectivity index (χ2n) is 7.30. The lowest BCUT2D eigenvalue weighted by atomic mass is 9.93. The number of hydrogen-bond donors (Lipinski definition) is 0. The van der Waals surface area contributed by atoms with Gasteiger partial charge in [0, 0.05) is 31.9 Å². The lowest BCUT2D eigenvalue weighted by Crippen LogP contribution is -2.35. The number of anilines is 1. The van der Waals surface area contributed by atoms with Gasteiger partial charge in [-0.1, -0.05) is 30.3 Å². The number of benzene rings is 1. The standard InChI is InChI=1S/C21H26N6/c1-16(19-7-4-3-5-8-19)27-17(2)24-25-20(27)15-18-9-13-26(14-10-18)21-22-11-6-12-23-21/h3-8,11-12,16,18H,9-10,13-15H2,1-2H3/t16-/m0/s1. The normalized spacial score (nSPS) is 16.4. The first-order valence-electron chi connectivity index (χ1n) is 9.69. The summed E-state index contributed by atoms with van der Waals surface area (Å²) in [5, 5.41) is 8.88. The number of piperidine rings is 1. The van der Waals surface area contributed by atoms with E-state index in [0.29, 0.717) is 5.92 Å². The van der Waals surface area contributed by atoms with E-state index in [0.717, 1.165) is 49.9 Å². The van der Waals surface area contributed by atoms with Crippen LogP contribution in [0, 0.1) is 12.8 Å². The highest BCUT2D eigenvalue weighted by molar-refractivity contribution is 5.29. The number of aromatic nitrogens is 5. The SMILES string of the molecule is Cc1nnc(CC2CCN(c3ncccn3)CC2)n1[C@@H](C)c1ccccc1. The smallest absolute Gasteiger partial charge is 0.225 e. The first-order chi connectivity index (χ1) is 13.2. The van der Waals surface area contributed by atoms with Crippen molar-refractivity contribution in [2.45, 2.75) is 39.2 Å². The minimum Gasteiger partial charge on any atom is -0.341 e. The van der Waals surface area contributed by atoms with Crippen LogP contribution in [0.2, 0.25) is 0 Å². The van der Waals surface area contributed by atoms with Crippen LogP contribution in [0.4, 0.5) is 5.95 Å². The van der Waals surface area contributed by atoms with Crippen molar-refractivity contribution in [2.75, 3.05) is 18.0 Å². The number of nitrogens with zero attached hydrogens (tertiary/aromatic N) is 6. The molecule has 3 heterocycles. The van der Waals surface area contributed by atoms with Gasteiger partial charge < -0.3 is 9.47 Å². The van der Waals surface area contributed by atoms with E-state index < -0.39 is 0 Å². The van der Waals surface area contributed by atoms with Crippen molar-refractivity contribution in [1.29, 1.82) is 0 Å². The zero-order chi connectivity index (χ0) is 18.6. The summed E-state index contributed by atoms with van der Waals surface area (Å²) in [7, 11) is 0. The highest BCUT2D eigenvalue weighted by Crippen LogP contribution is 2.26. The molecule has 27 heavy (non-hydrogen) atoms. The van der Waals surface area contributed by atoms with Crippen molar-refractivity contribution in [1.82, 2.24) is 24.7 Å². The Morgan fingerprint density at radius 1 is 1.00 bits per heavy atom. The van der Waals surface area contributed by atoms with Gasteiger partial charge >= 0.3 is 0 Å². The predicted molar refractivity (Wildman–Crippen MR) is 106 cm³/mol. The second-order valence-corrected chi connectivity index (χ2v) is 7.30. The van der Waals surface area contributed by atoms with Crippen molar-refractivity contribution in [2.24, 2.45) is 5.92 Å². The van der Waals surface area contributed by atoms with Crippen LogP contribution < -0.4 is 4.90 Å². The molecular formula is C21H26N6. The van der Waals surface area contributed by atoms with Gasteiger partial charge in [0.25, 0.3) is 0 Å². The van der Waals surface area contributed by atoms with Crippen LogP contribution in [0.15, 0.2) is 48.8 Å². The van der Waals surface area contributed by atoms with E-state index in [1.54, 1.807) is 0 Å². The molecule has 3 aromatic rings. The van der Waals surface area contributed by atoms with Gasteiger partial charge in [0.1, 0.15) is 11.6 Å². The molecule has 2 aromatic heterocycles. The summed E-state index contributed by atoms with van der Waals surface area (Å²) in [6, 6.07) is 12.7. The van der Waals surface area contributed by atoms with E-state index in [4.69, 9.17) is 0 Å². The molecule has 0 amide bonds. The zero-order valence-corrected chi connectivity index (χ0v) is 16.0.